The van der Waals surface area contributed by atoms with Crippen molar-refractivity contribution in [2.24, 2.45) is 0 Å². The van der Waals surface area contributed by atoms with Gasteiger partial charge in [0.05, 0.1) is 25.9 Å². The molecule has 5 N–H and O–H groups in total. The average Bonchev–Trinajstić information content (AvgIpc) is 3.14. The number of hydrogen-bond donors (Lipinski definition) is 5. The van der Waals surface area contributed by atoms with Crippen LogP contribution in [0, 0.1) is 0 Å². The van der Waals surface area contributed by atoms with E-state index >= 15 is 0 Å². The number of aliphatic hydroxyl groups excluding tert-OH is 1. The van der Waals surface area contributed by atoms with Crippen molar-refractivity contribution < 1.29 is 38.7 Å². The Balaban J connectivity index is 1.86. The number of carbonyl (C=O) groups is 1. The van der Waals surface area contributed by atoms with Gasteiger partial charge in [0.1, 0.15) is 23.9 Å². The lowest BCUT2D eigenvalue weighted by Gasteiger charge is -2.44. The Kier molecular flexibility index (Phi) is 19.1. The van der Waals surface area contributed by atoms with E-state index in [9.17, 15) is 15.0 Å². The zero-order chi connectivity index (χ0) is 39.7. The lowest BCUT2D eigenvalue weighted by atomic mass is 9.96. The third-order valence-electron chi connectivity index (χ3n) is 9.84. The Hall–Kier alpha value is -3.39. The molecule has 11 heteroatoms. The zero-order valence-corrected chi connectivity index (χ0v) is 33.7. The maximum Gasteiger partial charge on any atom is 0.286 e. The van der Waals surface area contributed by atoms with E-state index in [1.165, 1.54) is 7.11 Å². The van der Waals surface area contributed by atoms with E-state index in [0.29, 0.717) is 12.8 Å². The number of nitrogens with one attached hydrogen (secondary N) is 3. The monoisotopic (exact) mass is 751 g/mol. The largest absolute Gasteiger partial charge is 0.491 e. The van der Waals surface area contributed by atoms with Crippen LogP contribution in [0.1, 0.15) is 67.2 Å². The molecule has 0 aliphatic carbocycles. The number of rotatable bonds is 8. The first kappa shape index (κ1) is 45.0. The van der Waals surface area contributed by atoms with Gasteiger partial charge in [-0.2, -0.15) is 0 Å². The molecule has 300 valence electrons. The van der Waals surface area contributed by atoms with Crippen LogP contribution in [0.2, 0.25) is 0 Å². The topological polar surface area (TPSA) is 140 Å². The smallest absolute Gasteiger partial charge is 0.286 e. The fourth-order valence-electron chi connectivity index (χ4n) is 6.33. The highest BCUT2D eigenvalue weighted by Gasteiger charge is 2.44. The lowest BCUT2D eigenvalue weighted by molar-refractivity contribution is -0.295. The number of amides is 1. The summed E-state index contributed by atoms with van der Waals surface area (Å²) in [5.41, 5.74) is 1.43. The van der Waals surface area contributed by atoms with Gasteiger partial charge in [-0.15, -0.1) is 0 Å². The zero-order valence-electron chi connectivity index (χ0n) is 33.7. The summed E-state index contributed by atoms with van der Waals surface area (Å²) < 4.78 is 30.3. The van der Waals surface area contributed by atoms with Crippen LogP contribution in [0.3, 0.4) is 0 Å². The van der Waals surface area contributed by atoms with Crippen LogP contribution < -0.4 is 16.0 Å². The van der Waals surface area contributed by atoms with Crippen molar-refractivity contribution >= 4 is 5.91 Å². The number of hydrogen-bond acceptors (Lipinski definition) is 10. The van der Waals surface area contributed by atoms with Crippen molar-refractivity contribution in [1.82, 2.24) is 16.0 Å². The van der Waals surface area contributed by atoms with E-state index in [4.69, 9.17) is 23.7 Å². The fraction of sp³-hybridized carbons (Fsp3) is 0.558. The molecule has 3 rings (SSSR count). The van der Waals surface area contributed by atoms with Crippen molar-refractivity contribution in [3.05, 3.63) is 108 Å². The fourth-order valence-corrected chi connectivity index (χ4v) is 6.33. The van der Waals surface area contributed by atoms with Crippen LogP contribution >= 0.6 is 0 Å². The third kappa shape index (κ3) is 14.4. The number of allylic oxidation sites excluding steroid dienone is 14. The highest BCUT2D eigenvalue weighted by Crippen LogP contribution is 2.28. The molecule has 0 aromatic carbocycles. The van der Waals surface area contributed by atoms with Gasteiger partial charge in [-0.1, -0.05) is 97.1 Å². The predicted octanol–water partition coefficient (Wildman–Crippen LogP) is 5.37. The molecule has 11 nitrogen and oxygen atoms in total. The molecule has 0 saturated carbocycles. The first-order chi connectivity index (χ1) is 25.8. The van der Waals surface area contributed by atoms with Gasteiger partial charge in [0.25, 0.3) is 5.91 Å². The van der Waals surface area contributed by atoms with Crippen molar-refractivity contribution in [2.45, 2.75) is 128 Å². The van der Waals surface area contributed by atoms with Crippen LogP contribution in [-0.2, 0) is 28.5 Å². The molecular formula is C43H65N3O8. The second kappa shape index (κ2) is 22.9. The molecule has 10 atom stereocenters. The normalized spacial score (nSPS) is 40.7. The minimum Gasteiger partial charge on any atom is -0.491 e. The molecule has 3 aliphatic heterocycles. The highest BCUT2D eigenvalue weighted by atomic mass is 16.7. The summed E-state index contributed by atoms with van der Waals surface area (Å²) in [6, 6.07) is -0.433. The molecule has 2 fully saturated rings. The van der Waals surface area contributed by atoms with Gasteiger partial charge in [0, 0.05) is 12.1 Å². The molecule has 0 radical (unpaired) electrons. The molecular weight excluding hydrogens is 686 g/mol. The van der Waals surface area contributed by atoms with Gasteiger partial charge >= 0.3 is 0 Å². The van der Waals surface area contributed by atoms with Gasteiger partial charge in [-0.3, -0.25) is 4.79 Å². The molecule has 3 aliphatic rings. The summed E-state index contributed by atoms with van der Waals surface area (Å²) in [6.07, 6.45) is 25.4. The summed E-state index contributed by atoms with van der Waals surface area (Å²) in [5, 5.41) is 32.6. The molecule has 1 amide bonds. The van der Waals surface area contributed by atoms with E-state index in [1.54, 1.807) is 44.4 Å². The van der Waals surface area contributed by atoms with E-state index in [2.05, 4.69) is 22.0 Å². The number of methoxy groups -OCH3 is 1. The number of aliphatic hydroxyl groups is 2. The molecule has 0 aromatic heterocycles. The van der Waals surface area contributed by atoms with Crippen LogP contribution in [0.25, 0.3) is 0 Å². The molecule has 0 aromatic rings. The molecule has 0 unspecified atom stereocenters. The van der Waals surface area contributed by atoms with Gasteiger partial charge in [-0.25, -0.2) is 0 Å². The summed E-state index contributed by atoms with van der Waals surface area (Å²) in [7, 11) is 5.13. The highest BCUT2D eigenvalue weighted by molar-refractivity contribution is 5.92. The van der Waals surface area contributed by atoms with Gasteiger partial charge < -0.3 is 49.8 Å². The third-order valence-corrected chi connectivity index (χ3v) is 9.84. The minimum absolute atomic E-state index is 0.0259. The molecule has 54 heavy (non-hydrogen) atoms. The number of carbonyl (C=O) groups excluding carboxylic acids is 1. The SMILES string of the molecule is CC[C@H]1C/C=C(C)/C=C/C=C(C)/C=C/C=C\[C@H](O[C@@H]2OC[C@@H](O[C@H]3CC[C@H](NC)[C@@H](C)O3)[C@H](O)[C@H]2NC)[C@](C)(O)/C=C/C=C/C=C(C)/C=C(\OC)C(=O)N1. The van der Waals surface area contributed by atoms with E-state index in [0.717, 1.165) is 29.6 Å². The predicted molar refractivity (Wildman–Crippen MR) is 214 cm³/mol. The summed E-state index contributed by atoms with van der Waals surface area (Å²) in [4.78, 5) is 13.0. The lowest BCUT2D eigenvalue weighted by Crippen LogP contribution is -2.62. The molecule has 3 heterocycles. The molecule has 0 bridgehead atoms. The standard InChI is InChI=1S/C43H65N3O8/c1-10-33-23-22-30(3)20-16-19-29(2)17-13-14-21-37(43(6,49)26-15-11-12-18-31(4)27-35(50-9)41(48)46-33)54-42-39(45-8)40(47)36(28-51-42)53-38-25-24-34(44-7)32(5)52-38/h11-22,26-27,32-34,36-40,42,44-45,47,49H,10,23-25,28H2,1-9H3,(H,46,48)/b12-11+,17-13+,20-16+,21-14-,26-15+,29-19+,30-22+,31-18+,35-27-/t32-,33+,34+,36-,37+,38+,39-,40+,42+,43-/m1/s1. The average molecular weight is 752 g/mol. The van der Waals surface area contributed by atoms with Crippen molar-refractivity contribution in [2.75, 3.05) is 27.8 Å². The van der Waals surface area contributed by atoms with Gasteiger partial charge in [0.2, 0.25) is 0 Å². The van der Waals surface area contributed by atoms with Gasteiger partial charge in [0.15, 0.2) is 18.3 Å². The van der Waals surface area contributed by atoms with E-state index < -0.39 is 42.5 Å². The Labute approximate surface area is 323 Å². The van der Waals surface area contributed by atoms with Crippen LogP contribution in [0.15, 0.2) is 108 Å². The Morgan fingerprint density at radius 2 is 1.70 bits per heavy atom. The second-order valence-corrected chi connectivity index (χ2v) is 14.4. The Morgan fingerprint density at radius 1 is 0.963 bits per heavy atom. The molecule has 0 spiro atoms. The maximum atomic E-state index is 13.0. The van der Waals surface area contributed by atoms with Crippen LogP contribution in [0.5, 0.6) is 0 Å². The molecule has 2 saturated heterocycles. The summed E-state index contributed by atoms with van der Waals surface area (Å²) in [5.74, 6) is -0.0526. The van der Waals surface area contributed by atoms with Gasteiger partial charge in [-0.05, 0) is 86.0 Å². The second-order valence-electron chi connectivity index (χ2n) is 14.4. The van der Waals surface area contributed by atoms with Crippen molar-refractivity contribution in [3.63, 3.8) is 0 Å². The van der Waals surface area contributed by atoms with Crippen molar-refractivity contribution in [3.8, 4) is 0 Å². The number of likely N-dealkylation sites (N-methyl/N-ethyl adjacent to an activating group) is 2. The Morgan fingerprint density at radius 3 is 2.39 bits per heavy atom. The maximum absolute atomic E-state index is 13.0. The first-order valence-electron chi connectivity index (χ1n) is 19.1. The number of ether oxygens (including phenoxy) is 5. The van der Waals surface area contributed by atoms with E-state index in [-0.39, 0.29) is 36.5 Å². The van der Waals surface area contributed by atoms with Crippen LogP contribution in [-0.4, -0.2) is 105 Å². The Bertz CT molecular complexity index is 1470. The quantitative estimate of drug-likeness (QED) is 0.220. The van der Waals surface area contributed by atoms with Crippen LogP contribution in [0.4, 0.5) is 0 Å². The minimum atomic E-state index is -1.48. The first-order valence-corrected chi connectivity index (χ1v) is 19.1. The van der Waals surface area contributed by atoms with Crippen molar-refractivity contribution in [1.29, 1.82) is 0 Å². The summed E-state index contributed by atoms with van der Waals surface area (Å²) in [6.45, 7) is 11.7. The van der Waals surface area contributed by atoms with E-state index in [1.807, 2.05) is 90.3 Å². The summed E-state index contributed by atoms with van der Waals surface area (Å²) >= 11 is 0.